The third-order valence-electron chi connectivity index (χ3n) is 5.97. The summed E-state index contributed by atoms with van der Waals surface area (Å²) in [6.07, 6.45) is 4.84. The first-order chi connectivity index (χ1) is 14.5. The van der Waals surface area contributed by atoms with Crippen molar-refractivity contribution in [3.8, 4) is 11.1 Å². The maximum Gasteiger partial charge on any atom is 0.219 e. The summed E-state index contributed by atoms with van der Waals surface area (Å²) in [5, 5.41) is 11.9. The van der Waals surface area contributed by atoms with Crippen molar-refractivity contribution in [2.75, 3.05) is 25.5 Å². The molecule has 1 aliphatic rings. The van der Waals surface area contributed by atoms with Crippen LogP contribution in [0, 0.1) is 18.3 Å². The maximum atomic E-state index is 11.6. The van der Waals surface area contributed by atoms with Crippen molar-refractivity contribution in [1.29, 1.82) is 5.41 Å². The molecule has 2 N–H and O–H groups in total. The minimum atomic E-state index is 0.0910. The number of hydrogen-bond donors (Lipinski definition) is 2. The Bertz CT molecular complexity index is 1120. The van der Waals surface area contributed by atoms with Gasteiger partial charge in [0.15, 0.2) is 0 Å². The molecule has 2 heterocycles. The van der Waals surface area contributed by atoms with Crippen molar-refractivity contribution in [3.05, 3.63) is 53.9 Å². The van der Waals surface area contributed by atoms with Crippen LogP contribution in [0.1, 0.15) is 24.5 Å². The Morgan fingerprint density at radius 3 is 2.77 bits per heavy atom. The first-order valence-electron chi connectivity index (χ1n) is 10.3. The normalized spacial score (nSPS) is 16.1. The van der Waals surface area contributed by atoms with Crippen molar-refractivity contribution >= 4 is 28.3 Å². The average molecular weight is 402 g/mol. The van der Waals surface area contributed by atoms with Gasteiger partial charge in [-0.05, 0) is 48.2 Å². The highest BCUT2D eigenvalue weighted by Gasteiger charge is 2.27. The van der Waals surface area contributed by atoms with E-state index in [2.05, 4.69) is 46.5 Å². The number of likely N-dealkylation sites (tertiary alicyclic amines) is 1. The van der Waals surface area contributed by atoms with E-state index in [1.54, 1.807) is 19.3 Å². The summed E-state index contributed by atoms with van der Waals surface area (Å²) < 4.78 is 0. The van der Waals surface area contributed by atoms with E-state index in [9.17, 15) is 4.79 Å². The number of benzene rings is 2. The van der Waals surface area contributed by atoms with Gasteiger partial charge in [0.05, 0.1) is 11.0 Å². The molecule has 1 amide bonds. The van der Waals surface area contributed by atoms with Gasteiger partial charge < -0.3 is 15.6 Å². The van der Waals surface area contributed by atoms with Gasteiger partial charge in [0.2, 0.25) is 5.91 Å². The fourth-order valence-electron chi connectivity index (χ4n) is 4.21. The van der Waals surface area contributed by atoms with Gasteiger partial charge >= 0.3 is 0 Å². The van der Waals surface area contributed by atoms with Gasteiger partial charge in [-0.2, -0.15) is 0 Å². The largest absolute Gasteiger partial charge is 0.388 e. The molecule has 2 aromatic carbocycles. The number of fused-ring (bicyclic) bond motifs is 1. The van der Waals surface area contributed by atoms with E-state index in [4.69, 9.17) is 5.41 Å². The topological polar surface area (TPSA) is 82.0 Å². The van der Waals surface area contributed by atoms with Crippen LogP contribution in [0.25, 0.3) is 22.2 Å². The summed E-state index contributed by atoms with van der Waals surface area (Å²) in [4.78, 5) is 22.6. The molecule has 0 spiro atoms. The molecule has 6 nitrogen and oxygen atoms in total. The maximum absolute atomic E-state index is 11.6. The van der Waals surface area contributed by atoms with E-state index in [-0.39, 0.29) is 11.8 Å². The molecular formula is C24H27N5O. The molecule has 30 heavy (non-hydrogen) atoms. The van der Waals surface area contributed by atoms with Gasteiger partial charge in [0.25, 0.3) is 0 Å². The zero-order chi connectivity index (χ0) is 21.3. The summed E-state index contributed by atoms with van der Waals surface area (Å²) in [5.41, 5.74) is 7.79. The van der Waals surface area contributed by atoms with Crippen molar-refractivity contribution in [2.24, 2.45) is 5.92 Å². The Balaban J connectivity index is 1.69. The van der Waals surface area contributed by atoms with Crippen LogP contribution in [-0.2, 0) is 11.2 Å². The molecule has 1 atom stereocenters. The molecule has 3 aromatic rings. The molecule has 1 saturated heterocycles. The molecule has 0 bridgehead atoms. The van der Waals surface area contributed by atoms with Crippen LogP contribution in [0.15, 0.2) is 42.7 Å². The molecule has 154 valence electrons. The first kappa shape index (κ1) is 20.0. The van der Waals surface area contributed by atoms with E-state index in [0.717, 1.165) is 46.4 Å². The third kappa shape index (κ3) is 3.90. The molecule has 6 heteroatoms. The van der Waals surface area contributed by atoms with Crippen molar-refractivity contribution in [2.45, 2.75) is 26.7 Å². The van der Waals surface area contributed by atoms with Gasteiger partial charge in [0.1, 0.15) is 0 Å². The number of aromatic nitrogens is 2. The van der Waals surface area contributed by atoms with Crippen LogP contribution in [0.3, 0.4) is 0 Å². The summed E-state index contributed by atoms with van der Waals surface area (Å²) in [6.45, 7) is 5.07. The summed E-state index contributed by atoms with van der Waals surface area (Å²) >= 11 is 0. The van der Waals surface area contributed by atoms with E-state index in [1.165, 1.54) is 5.56 Å². The second kappa shape index (κ2) is 8.22. The first-order valence-corrected chi connectivity index (χ1v) is 10.3. The molecule has 1 aromatic heterocycles. The number of anilines is 1. The Morgan fingerprint density at radius 1 is 1.23 bits per heavy atom. The second-order valence-electron chi connectivity index (χ2n) is 8.00. The fraction of sp³-hybridized carbons (Fsp3) is 0.333. The van der Waals surface area contributed by atoms with E-state index >= 15 is 0 Å². The quantitative estimate of drug-likeness (QED) is 0.631. The Morgan fingerprint density at radius 2 is 2.03 bits per heavy atom. The number of nitrogens with one attached hydrogen (secondary N) is 2. The highest BCUT2D eigenvalue weighted by molar-refractivity contribution is 5.95. The van der Waals surface area contributed by atoms with Crippen LogP contribution in [0.5, 0.6) is 0 Å². The van der Waals surface area contributed by atoms with Crippen molar-refractivity contribution in [3.63, 3.8) is 0 Å². The lowest BCUT2D eigenvalue weighted by atomic mass is 9.93. The average Bonchev–Trinajstić information content (AvgIpc) is 3.24. The van der Waals surface area contributed by atoms with Gasteiger partial charge in [0, 0.05) is 68.8 Å². The molecule has 0 radical (unpaired) electrons. The molecule has 0 saturated carbocycles. The number of rotatable bonds is 5. The summed E-state index contributed by atoms with van der Waals surface area (Å²) in [7, 11) is 1.92. The number of carbonyl (C=O) groups excluding carboxylic acids is 1. The molecule has 1 fully saturated rings. The monoisotopic (exact) mass is 401 g/mol. The van der Waals surface area contributed by atoms with Gasteiger partial charge in [-0.3, -0.25) is 14.8 Å². The van der Waals surface area contributed by atoms with E-state index < -0.39 is 0 Å². The fourth-order valence-corrected chi connectivity index (χ4v) is 4.21. The Hall–Kier alpha value is -3.28. The van der Waals surface area contributed by atoms with E-state index in [1.807, 2.05) is 18.0 Å². The van der Waals surface area contributed by atoms with Crippen molar-refractivity contribution < 1.29 is 4.79 Å². The lowest BCUT2D eigenvalue weighted by Gasteiger charge is -2.16. The third-order valence-corrected chi connectivity index (χ3v) is 5.97. The summed E-state index contributed by atoms with van der Waals surface area (Å²) in [6, 6.07) is 10.5. The molecule has 4 rings (SSSR count). The number of amides is 1. The predicted octanol–water partition coefficient (Wildman–Crippen LogP) is 4.08. The van der Waals surface area contributed by atoms with Crippen LogP contribution in [-0.4, -0.2) is 46.6 Å². The van der Waals surface area contributed by atoms with Crippen LogP contribution < -0.4 is 5.32 Å². The number of aryl methyl sites for hydroxylation is 1. The molecule has 0 unspecified atom stereocenters. The standard InChI is InChI=1S/C24H27N5O/c1-15-4-5-18(13-22(15)26-3)20-10-17(12-23-24(20)28-8-7-27-23)11-21(25)19-6-9-29(14-19)16(2)30/h4-5,7-8,10,12-13,19,25-26H,6,9,11,14H2,1-3H3/t19-/m0/s1. The zero-order valence-corrected chi connectivity index (χ0v) is 17.7. The second-order valence-corrected chi connectivity index (χ2v) is 8.00. The predicted molar refractivity (Wildman–Crippen MR) is 121 cm³/mol. The number of carbonyl (C=O) groups is 1. The van der Waals surface area contributed by atoms with Crippen molar-refractivity contribution in [1.82, 2.24) is 14.9 Å². The van der Waals surface area contributed by atoms with Gasteiger partial charge in [-0.1, -0.05) is 12.1 Å². The Labute approximate surface area is 176 Å². The number of hydrogen-bond acceptors (Lipinski definition) is 5. The van der Waals surface area contributed by atoms with E-state index in [0.29, 0.717) is 18.7 Å². The van der Waals surface area contributed by atoms with Crippen LogP contribution in [0.2, 0.25) is 0 Å². The highest BCUT2D eigenvalue weighted by Crippen LogP contribution is 2.31. The Kier molecular flexibility index (Phi) is 5.48. The highest BCUT2D eigenvalue weighted by atomic mass is 16.2. The van der Waals surface area contributed by atoms with Gasteiger partial charge in [-0.25, -0.2) is 0 Å². The van der Waals surface area contributed by atoms with Gasteiger partial charge in [-0.15, -0.1) is 0 Å². The lowest BCUT2D eigenvalue weighted by Crippen LogP contribution is -2.27. The van der Waals surface area contributed by atoms with Crippen LogP contribution >= 0.6 is 0 Å². The molecule has 0 aliphatic carbocycles. The minimum Gasteiger partial charge on any atom is -0.388 e. The minimum absolute atomic E-state index is 0.0910. The SMILES string of the molecule is CNc1cc(-c2cc(CC(=N)[C@H]3CCN(C(C)=O)C3)cc3nccnc23)ccc1C. The lowest BCUT2D eigenvalue weighted by molar-refractivity contribution is -0.127. The zero-order valence-electron chi connectivity index (χ0n) is 17.7. The van der Waals surface area contributed by atoms with Crippen LogP contribution in [0.4, 0.5) is 5.69 Å². The molecule has 1 aliphatic heterocycles. The number of nitrogens with zero attached hydrogens (tertiary/aromatic N) is 3. The summed E-state index contributed by atoms with van der Waals surface area (Å²) in [5.74, 6) is 0.221. The smallest absolute Gasteiger partial charge is 0.219 e. The molecular weight excluding hydrogens is 374 g/mol.